The third-order valence-electron chi connectivity index (χ3n) is 5.22. The largest absolute Gasteiger partial charge is 0.318 e. The minimum atomic E-state index is -0.00995. The zero-order valence-corrected chi connectivity index (χ0v) is 20.4. The van der Waals surface area contributed by atoms with Crippen LogP contribution < -0.4 is 4.90 Å². The molecule has 1 amide bonds. The standard InChI is InChI=1S/C22H24N4O2S3/c1-13-10-19(14(2)25(13)17-6-5-7-18(11-17)29-4)20(28)12-30-22-24-23-21(31-22)26(15(3)27)16-8-9-16/h5-7,10-11,16H,8-9,12H2,1-4H3. The van der Waals surface area contributed by atoms with Crippen LogP contribution in [0.1, 0.15) is 41.5 Å². The minimum Gasteiger partial charge on any atom is -0.318 e. The van der Waals surface area contributed by atoms with Crippen LogP contribution in [0.5, 0.6) is 0 Å². The Kier molecular flexibility index (Phi) is 6.55. The van der Waals surface area contributed by atoms with Crippen molar-refractivity contribution < 1.29 is 9.59 Å². The number of benzene rings is 1. The van der Waals surface area contributed by atoms with Crippen LogP contribution >= 0.6 is 34.9 Å². The van der Waals surface area contributed by atoms with Gasteiger partial charge in [0, 0.05) is 40.5 Å². The van der Waals surface area contributed by atoms with Crippen molar-refractivity contribution in [2.45, 2.75) is 48.9 Å². The van der Waals surface area contributed by atoms with Crippen molar-refractivity contribution in [3.63, 3.8) is 0 Å². The van der Waals surface area contributed by atoms with Crippen LogP contribution in [0.15, 0.2) is 39.6 Å². The van der Waals surface area contributed by atoms with E-state index in [1.807, 2.05) is 26.0 Å². The molecular weight excluding hydrogens is 448 g/mol. The summed E-state index contributed by atoms with van der Waals surface area (Å²) in [5, 5.41) is 8.98. The Labute approximate surface area is 194 Å². The highest BCUT2D eigenvalue weighted by molar-refractivity contribution is 8.01. The fourth-order valence-corrected chi connectivity index (χ4v) is 5.93. The summed E-state index contributed by atoms with van der Waals surface area (Å²) in [5.74, 6) is 0.338. The summed E-state index contributed by atoms with van der Waals surface area (Å²) < 4.78 is 2.83. The molecule has 1 fully saturated rings. The lowest BCUT2D eigenvalue weighted by atomic mass is 10.2. The number of thioether (sulfide) groups is 2. The maximum atomic E-state index is 13.0. The molecule has 1 aliphatic carbocycles. The molecular formula is C22H24N4O2S3. The molecule has 0 bridgehead atoms. The molecule has 6 nitrogen and oxygen atoms in total. The molecule has 3 aromatic rings. The Bertz CT molecular complexity index is 1130. The average molecular weight is 473 g/mol. The first-order chi connectivity index (χ1) is 14.9. The summed E-state index contributed by atoms with van der Waals surface area (Å²) in [7, 11) is 0. The van der Waals surface area contributed by atoms with Crippen LogP contribution in [0, 0.1) is 13.8 Å². The van der Waals surface area contributed by atoms with Gasteiger partial charge in [0.05, 0.1) is 5.75 Å². The molecule has 0 unspecified atom stereocenters. The van der Waals surface area contributed by atoms with E-state index >= 15 is 0 Å². The Balaban J connectivity index is 1.48. The number of anilines is 1. The van der Waals surface area contributed by atoms with E-state index in [4.69, 9.17) is 0 Å². The number of aromatic nitrogens is 3. The second-order valence-electron chi connectivity index (χ2n) is 7.50. The van der Waals surface area contributed by atoms with Gasteiger partial charge in [0.2, 0.25) is 11.0 Å². The zero-order chi connectivity index (χ0) is 22.1. The SMILES string of the molecule is CSc1cccc(-n2c(C)cc(C(=O)CSc3nnc(N(C(C)=O)C4CC4)s3)c2C)c1. The van der Waals surface area contributed by atoms with E-state index in [1.165, 1.54) is 28.0 Å². The molecule has 9 heteroatoms. The van der Waals surface area contributed by atoms with Gasteiger partial charge in [0.25, 0.3) is 0 Å². The molecule has 2 aromatic heterocycles. The van der Waals surface area contributed by atoms with Gasteiger partial charge >= 0.3 is 0 Å². The first kappa shape index (κ1) is 22.1. The van der Waals surface area contributed by atoms with Gasteiger partial charge in [-0.3, -0.25) is 14.5 Å². The van der Waals surface area contributed by atoms with Gasteiger partial charge in [0.1, 0.15) is 0 Å². The molecule has 1 aromatic carbocycles. The van der Waals surface area contributed by atoms with E-state index in [9.17, 15) is 9.59 Å². The summed E-state index contributed by atoms with van der Waals surface area (Å²) in [4.78, 5) is 27.8. The highest BCUT2D eigenvalue weighted by Gasteiger charge is 2.34. The van der Waals surface area contributed by atoms with Gasteiger partial charge in [-0.15, -0.1) is 22.0 Å². The van der Waals surface area contributed by atoms with Crippen LogP contribution in [0.2, 0.25) is 0 Å². The summed E-state index contributed by atoms with van der Waals surface area (Å²) in [6, 6.07) is 10.5. The number of aryl methyl sites for hydroxylation is 1. The highest BCUT2D eigenvalue weighted by atomic mass is 32.2. The number of Topliss-reactive ketones (excluding diaryl/α,β-unsaturated/α-hetero) is 1. The van der Waals surface area contributed by atoms with Crippen LogP contribution in [0.4, 0.5) is 5.13 Å². The number of hydrogen-bond acceptors (Lipinski definition) is 7. The van der Waals surface area contributed by atoms with Crippen molar-refractivity contribution in [3.8, 4) is 5.69 Å². The topological polar surface area (TPSA) is 68.1 Å². The summed E-state index contributed by atoms with van der Waals surface area (Å²) >= 11 is 4.45. The number of rotatable bonds is 8. The number of hydrogen-bond donors (Lipinski definition) is 0. The van der Waals surface area contributed by atoms with E-state index < -0.39 is 0 Å². The average Bonchev–Trinajstić information content (AvgIpc) is 3.38. The lowest BCUT2D eigenvalue weighted by Crippen LogP contribution is -2.30. The van der Waals surface area contributed by atoms with E-state index in [2.05, 4.69) is 39.2 Å². The lowest BCUT2D eigenvalue weighted by molar-refractivity contribution is -0.116. The number of nitrogens with zero attached hydrogens (tertiary/aromatic N) is 4. The van der Waals surface area contributed by atoms with Gasteiger partial charge in [-0.05, 0) is 57.2 Å². The third-order valence-corrected chi connectivity index (χ3v) is 8.00. The molecule has 0 aliphatic heterocycles. The van der Waals surface area contributed by atoms with Crippen LogP contribution in [-0.2, 0) is 4.79 Å². The predicted octanol–water partition coefficient (Wildman–Crippen LogP) is 5.16. The molecule has 1 saturated carbocycles. The molecule has 0 spiro atoms. The number of carbonyl (C=O) groups is 2. The van der Waals surface area contributed by atoms with Crippen LogP contribution in [-0.4, -0.2) is 44.5 Å². The van der Waals surface area contributed by atoms with Crippen LogP contribution in [0.3, 0.4) is 0 Å². The maximum absolute atomic E-state index is 13.0. The van der Waals surface area contributed by atoms with Gasteiger partial charge in [-0.25, -0.2) is 0 Å². The fraction of sp³-hybridized carbons (Fsp3) is 0.364. The van der Waals surface area contributed by atoms with E-state index in [-0.39, 0.29) is 23.5 Å². The van der Waals surface area contributed by atoms with Gasteiger partial charge in [-0.1, -0.05) is 29.2 Å². The molecule has 0 atom stereocenters. The summed E-state index contributed by atoms with van der Waals surface area (Å²) in [5.41, 5.74) is 3.76. The lowest BCUT2D eigenvalue weighted by Gasteiger charge is -2.15. The predicted molar refractivity (Wildman–Crippen MR) is 128 cm³/mol. The van der Waals surface area contributed by atoms with Crippen molar-refractivity contribution in [1.82, 2.24) is 14.8 Å². The molecule has 2 heterocycles. The molecule has 31 heavy (non-hydrogen) atoms. The summed E-state index contributed by atoms with van der Waals surface area (Å²) in [6.45, 7) is 5.56. The molecule has 4 rings (SSSR count). The van der Waals surface area contributed by atoms with Gasteiger partial charge < -0.3 is 4.57 Å². The van der Waals surface area contributed by atoms with Crippen LogP contribution in [0.25, 0.3) is 5.69 Å². The first-order valence-electron chi connectivity index (χ1n) is 10.0. The Hall–Kier alpha value is -2.10. The molecule has 0 N–H and O–H groups in total. The van der Waals surface area contributed by atoms with E-state index in [1.54, 1.807) is 23.6 Å². The molecule has 0 radical (unpaired) electrons. The van der Waals surface area contributed by atoms with Gasteiger partial charge in [-0.2, -0.15) is 0 Å². The van der Waals surface area contributed by atoms with E-state index in [0.717, 1.165) is 35.5 Å². The molecule has 0 saturated heterocycles. The normalized spacial score (nSPS) is 13.4. The third kappa shape index (κ3) is 4.73. The fourth-order valence-electron chi connectivity index (χ4n) is 3.64. The molecule has 1 aliphatic rings. The Morgan fingerprint density at radius 2 is 2.00 bits per heavy atom. The van der Waals surface area contributed by atoms with Crippen molar-refractivity contribution in [3.05, 3.63) is 47.3 Å². The number of amides is 1. The smallest absolute Gasteiger partial charge is 0.225 e. The van der Waals surface area contributed by atoms with E-state index in [0.29, 0.717) is 9.47 Å². The Morgan fingerprint density at radius 3 is 2.68 bits per heavy atom. The zero-order valence-electron chi connectivity index (χ0n) is 17.9. The van der Waals surface area contributed by atoms with Crippen molar-refractivity contribution in [2.75, 3.05) is 16.9 Å². The highest BCUT2D eigenvalue weighted by Crippen LogP contribution is 2.36. The van der Waals surface area contributed by atoms with Crippen molar-refractivity contribution in [1.29, 1.82) is 0 Å². The quantitative estimate of drug-likeness (QED) is 0.256. The second kappa shape index (κ2) is 9.18. The van der Waals surface area contributed by atoms with Crippen molar-refractivity contribution >= 4 is 51.7 Å². The van der Waals surface area contributed by atoms with Gasteiger partial charge in [0.15, 0.2) is 10.1 Å². The van der Waals surface area contributed by atoms with Crippen molar-refractivity contribution in [2.24, 2.45) is 0 Å². The number of carbonyl (C=O) groups excluding carboxylic acids is 2. The second-order valence-corrected chi connectivity index (χ2v) is 10.6. The maximum Gasteiger partial charge on any atom is 0.225 e. The first-order valence-corrected chi connectivity index (χ1v) is 13.0. The molecule has 162 valence electrons. The Morgan fingerprint density at radius 1 is 1.23 bits per heavy atom. The summed E-state index contributed by atoms with van der Waals surface area (Å²) in [6.07, 6.45) is 4.07. The minimum absolute atomic E-state index is 0.00995. The monoisotopic (exact) mass is 472 g/mol. The number of ketones is 1.